The Hall–Kier alpha value is -1.84. The molecule has 0 bridgehead atoms. The van der Waals surface area contributed by atoms with Crippen LogP contribution in [0.15, 0.2) is 42.5 Å². The van der Waals surface area contributed by atoms with Gasteiger partial charge in [0.25, 0.3) is 5.91 Å². The van der Waals surface area contributed by atoms with Gasteiger partial charge >= 0.3 is 0 Å². The first-order valence-electron chi connectivity index (χ1n) is 7.83. The highest BCUT2D eigenvalue weighted by Crippen LogP contribution is 2.20. The average Bonchev–Trinajstić information content (AvgIpc) is 2.51. The van der Waals surface area contributed by atoms with Crippen LogP contribution in [0.2, 0.25) is 5.02 Å². The molecule has 0 aliphatic carbocycles. The van der Waals surface area contributed by atoms with E-state index < -0.39 is 0 Å². The number of anilines is 1. The van der Waals surface area contributed by atoms with E-state index in [0.29, 0.717) is 6.54 Å². The fraction of sp³-hybridized carbons (Fsp3) is 0.316. The van der Waals surface area contributed by atoms with Gasteiger partial charge in [-0.05, 0) is 38.0 Å². The van der Waals surface area contributed by atoms with Crippen molar-refractivity contribution in [2.75, 3.05) is 18.9 Å². The third-order valence-corrected chi connectivity index (χ3v) is 4.64. The van der Waals surface area contributed by atoms with Crippen molar-refractivity contribution < 1.29 is 9.69 Å². The van der Waals surface area contributed by atoms with Gasteiger partial charge in [0.1, 0.15) is 6.04 Å². The van der Waals surface area contributed by atoms with Crippen LogP contribution in [0.25, 0.3) is 0 Å². The summed E-state index contributed by atoms with van der Waals surface area (Å²) in [7, 11) is 2.01. The summed E-state index contributed by atoms with van der Waals surface area (Å²) in [5.74, 6) is 0.0128. The minimum Gasteiger partial charge on any atom is -0.324 e. The van der Waals surface area contributed by atoms with Crippen molar-refractivity contribution in [1.82, 2.24) is 0 Å². The molecule has 2 N–H and O–H groups in total. The molecular formula is C19H24ClN2O+. The minimum atomic E-state index is 0.0128. The number of halogens is 1. The first-order valence-corrected chi connectivity index (χ1v) is 8.20. The molecule has 0 aliphatic heterocycles. The molecule has 2 atom stereocenters. The molecule has 2 aromatic rings. The number of carbonyl (C=O) groups excluding carboxylic acids is 1. The van der Waals surface area contributed by atoms with Crippen molar-refractivity contribution >= 4 is 23.2 Å². The van der Waals surface area contributed by atoms with Crippen LogP contribution in [0.3, 0.4) is 0 Å². The fourth-order valence-electron chi connectivity index (χ4n) is 2.69. The molecule has 0 radical (unpaired) electrons. The van der Waals surface area contributed by atoms with E-state index in [-0.39, 0.29) is 11.9 Å². The van der Waals surface area contributed by atoms with Gasteiger partial charge in [-0.1, -0.05) is 48.0 Å². The van der Waals surface area contributed by atoms with Crippen molar-refractivity contribution in [1.29, 1.82) is 0 Å². The molecule has 23 heavy (non-hydrogen) atoms. The van der Waals surface area contributed by atoms with Crippen molar-refractivity contribution in [2.45, 2.75) is 26.8 Å². The molecular weight excluding hydrogens is 308 g/mol. The first kappa shape index (κ1) is 17.5. The van der Waals surface area contributed by atoms with Crippen LogP contribution in [-0.2, 0) is 4.79 Å². The maximum Gasteiger partial charge on any atom is 0.279 e. The van der Waals surface area contributed by atoms with Crippen LogP contribution in [-0.4, -0.2) is 19.5 Å². The lowest BCUT2D eigenvalue weighted by Gasteiger charge is -2.22. The number of para-hydroxylation sites is 1. The molecule has 0 spiro atoms. The molecule has 0 saturated heterocycles. The third-order valence-electron chi connectivity index (χ3n) is 4.30. The maximum absolute atomic E-state index is 12.4. The summed E-state index contributed by atoms with van der Waals surface area (Å²) in [5.41, 5.74) is 4.13. The molecule has 0 aromatic heterocycles. The smallest absolute Gasteiger partial charge is 0.279 e. The Bertz CT molecular complexity index is 679. The Morgan fingerprint density at radius 1 is 1.13 bits per heavy atom. The Morgan fingerprint density at radius 2 is 1.74 bits per heavy atom. The lowest BCUT2D eigenvalue weighted by atomic mass is 10.1. The number of amides is 1. The normalized spacial score (nSPS) is 13.4. The van der Waals surface area contributed by atoms with Gasteiger partial charge in [0.2, 0.25) is 0 Å². The standard InChI is InChI=1S/C19H23ClN2O/c1-13-8-7-9-14(2)19(13)21-18(23)12-22(4)15(3)16-10-5-6-11-17(16)20/h5-11,15H,12H2,1-4H3,(H,21,23)/p+1/t15-/m0/s1. The molecule has 0 aliphatic rings. The van der Waals surface area contributed by atoms with E-state index >= 15 is 0 Å². The van der Waals surface area contributed by atoms with E-state index in [0.717, 1.165) is 32.3 Å². The predicted molar refractivity (Wildman–Crippen MR) is 96.2 cm³/mol. The molecule has 2 rings (SSSR count). The van der Waals surface area contributed by atoms with E-state index in [4.69, 9.17) is 11.6 Å². The van der Waals surface area contributed by atoms with Crippen LogP contribution < -0.4 is 10.2 Å². The summed E-state index contributed by atoms with van der Waals surface area (Å²) in [5, 5.41) is 3.78. The molecule has 0 saturated carbocycles. The summed E-state index contributed by atoms with van der Waals surface area (Å²) in [6, 6.07) is 13.9. The van der Waals surface area contributed by atoms with Crippen molar-refractivity contribution in [2.24, 2.45) is 0 Å². The molecule has 2 aromatic carbocycles. The fourth-order valence-corrected chi connectivity index (χ4v) is 2.99. The van der Waals surface area contributed by atoms with E-state index in [1.54, 1.807) is 0 Å². The Morgan fingerprint density at radius 3 is 2.35 bits per heavy atom. The number of hydrogen-bond acceptors (Lipinski definition) is 1. The lowest BCUT2D eigenvalue weighted by Crippen LogP contribution is -3.10. The predicted octanol–water partition coefficient (Wildman–Crippen LogP) is 3.17. The van der Waals surface area contributed by atoms with E-state index in [9.17, 15) is 4.79 Å². The molecule has 1 unspecified atom stereocenters. The summed E-state index contributed by atoms with van der Waals surface area (Å²) >= 11 is 6.26. The summed E-state index contributed by atoms with van der Waals surface area (Å²) in [6.45, 7) is 6.49. The zero-order valence-electron chi connectivity index (χ0n) is 14.1. The van der Waals surface area contributed by atoms with Crippen LogP contribution in [0.5, 0.6) is 0 Å². The molecule has 122 valence electrons. The maximum atomic E-state index is 12.4. The number of hydrogen-bond donors (Lipinski definition) is 2. The average molecular weight is 332 g/mol. The number of aryl methyl sites for hydroxylation is 2. The van der Waals surface area contributed by atoms with E-state index in [1.807, 2.05) is 63.4 Å². The zero-order valence-corrected chi connectivity index (χ0v) is 14.9. The minimum absolute atomic E-state index is 0.0128. The SMILES string of the molecule is Cc1cccc(C)c1NC(=O)C[NH+](C)[C@@H](C)c1ccccc1Cl. The van der Waals surface area contributed by atoms with E-state index in [2.05, 4.69) is 12.2 Å². The molecule has 3 nitrogen and oxygen atoms in total. The highest BCUT2D eigenvalue weighted by Gasteiger charge is 2.21. The summed E-state index contributed by atoms with van der Waals surface area (Å²) < 4.78 is 0. The lowest BCUT2D eigenvalue weighted by molar-refractivity contribution is -0.902. The Labute approximate surface area is 143 Å². The molecule has 1 amide bonds. The molecule has 0 heterocycles. The van der Waals surface area contributed by atoms with Crippen LogP contribution in [0.4, 0.5) is 5.69 Å². The number of benzene rings is 2. The van der Waals surface area contributed by atoms with Gasteiger partial charge in [0.15, 0.2) is 6.54 Å². The number of quaternary nitrogens is 1. The largest absolute Gasteiger partial charge is 0.324 e. The van der Waals surface area contributed by atoms with Gasteiger partial charge < -0.3 is 10.2 Å². The van der Waals surface area contributed by atoms with Gasteiger partial charge in [0.05, 0.1) is 7.05 Å². The van der Waals surface area contributed by atoms with Crippen LogP contribution >= 0.6 is 11.6 Å². The Kier molecular flexibility index (Phi) is 5.80. The first-order chi connectivity index (χ1) is 10.9. The summed E-state index contributed by atoms with van der Waals surface area (Å²) in [6.07, 6.45) is 0. The second-order valence-electron chi connectivity index (χ2n) is 6.08. The van der Waals surface area contributed by atoms with Gasteiger partial charge in [-0.15, -0.1) is 0 Å². The third kappa shape index (κ3) is 4.34. The van der Waals surface area contributed by atoms with Crippen LogP contribution in [0, 0.1) is 13.8 Å². The van der Waals surface area contributed by atoms with Gasteiger partial charge in [-0.2, -0.15) is 0 Å². The van der Waals surface area contributed by atoms with Crippen molar-refractivity contribution in [3.8, 4) is 0 Å². The van der Waals surface area contributed by atoms with Gasteiger partial charge in [0, 0.05) is 16.3 Å². The number of rotatable bonds is 5. The highest BCUT2D eigenvalue weighted by atomic mass is 35.5. The monoisotopic (exact) mass is 331 g/mol. The zero-order chi connectivity index (χ0) is 17.0. The van der Waals surface area contributed by atoms with Crippen molar-refractivity contribution in [3.05, 3.63) is 64.2 Å². The van der Waals surface area contributed by atoms with Crippen LogP contribution in [0.1, 0.15) is 29.7 Å². The van der Waals surface area contributed by atoms with E-state index in [1.165, 1.54) is 0 Å². The Balaban J connectivity index is 2.04. The second-order valence-corrected chi connectivity index (χ2v) is 6.49. The molecule has 0 fully saturated rings. The van der Waals surface area contributed by atoms with Crippen molar-refractivity contribution in [3.63, 3.8) is 0 Å². The van der Waals surface area contributed by atoms with Gasteiger partial charge in [-0.3, -0.25) is 4.79 Å². The van der Waals surface area contributed by atoms with Gasteiger partial charge in [-0.25, -0.2) is 0 Å². The summed E-state index contributed by atoms with van der Waals surface area (Å²) in [4.78, 5) is 13.5. The molecule has 4 heteroatoms. The number of carbonyl (C=O) groups is 1. The number of nitrogens with one attached hydrogen (secondary N) is 2. The topological polar surface area (TPSA) is 33.5 Å². The quantitative estimate of drug-likeness (QED) is 0.867. The second kappa shape index (κ2) is 7.62. The number of likely N-dealkylation sites (N-methyl/N-ethyl adjacent to an activating group) is 1. The highest BCUT2D eigenvalue weighted by molar-refractivity contribution is 6.31.